The van der Waals surface area contributed by atoms with E-state index in [1.54, 1.807) is 0 Å². The van der Waals surface area contributed by atoms with Crippen LogP contribution in [0.3, 0.4) is 0 Å². The molecular formula is C11H24N2O. The van der Waals surface area contributed by atoms with Crippen molar-refractivity contribution >= 4 is 6.41 Å². The number of unbranched alkanes of at least 4 members (excludes halogenated alkanes) is 4. The number of hydrogen-bond acceptors (Lipinski definition) is 2. The topological polar surface area (TPSA) is 32.3 Å². The Kier molecular flexibility index (Phi) is 10.1. The third-order valence-electron chi connectivity index (χ3n) is 2.30. The first-order valence-electron chi connectivity index (χ1n) is 5.79. The molecule has 0 saturated carbocycles. The first-order chi connectivity index (χ1) is 6.85. The molecule has 0 fully saturated rings. The fraction of sp³-hybridized carbons (Fsp3) is 0.909. The molecule has 0 atom stereocenters. The van der Waals surface area contributed by atoms with Crippen molar-refractivity contribution in [2.75, 3.05) is 13.1 Å². The quantitative estimate of drug-likeness (QED) is 0.333. The summed E-state index contributed by atoms with van der Waals surface area (Å²) in [6.07, 6.45) is 8.05. The van der Waals surface area contributed by atoms with Crippen LogP contribution < -0.4 is 5.43 Å². The van der Waals surface area contributed by atoms with Gasteiger partial charge in [-0.05, 0) is 12.8 Å². The summed E-state index contributed by atoms with van der Waals surface area (Å²) < 4.78 is 0. The van der Waals surface area contributed by atoms with Crippen molar-refractivity contribution in [1.29, 1.82) is 0 Å². The number of nitrogens with one attached hydrogen (secondary N) is 1. The molecule has 84 valence electrons. The molecule has 0 bridgehead atoms. The summed E-state index contributed by atoms with van der Waals surface area (Å²) in [5, 5.41) is 2.03. The minimum atomic E-state index is 0.776. The van der Waals surface area contributed by atoms with Crippen molar-refractivity contribution in [3.8, 4) is 0 Å². The van der Waals surface area contributed by atoms with Gasteiger partial charge in [-0.3, -0.25) is 10.2 Å². The van der Waals surface area contributed by atoms with Crippen LogP contribution in [-0.2, 0) is 4.79 Å². The standard InChI is InChI=1S/C11H24N2O/c1-3-5-7-9-13(12-11-14)10-8-6-4-2/h11H,3-10H2,1-2H3,(H,12,14). The lowest BCUT2D eigenvalue weighted by molar-refractivity contribution is -0.113. The Labute approximate surface area is 87.8 Å². The predicted molar refractivity (Wildman–Crippen MR) is 59.8 cm³/mol. The highest BCUT2D eigenvalue weighted by Gasteiger charge is 2.01. The van der Waals surface area contributed by atoms with E-state index in [1.807, 2.05) is 5.01 Å². The smallest absolute Gasteiger partial charge is 0.221 e. The maximum Gasteiger partial charge on any atom is 0.221 e. The second kappa shape index (κ2) is 10.5. The van der Waals surface area contributed by atoms with Crippen LogP contribution in [0.5, 0.6) is 0 Å². The zero-order valence-electron chi connectivity index (χ0n) is 9.59. The number of hydrazine groups is 1. The van der Waals surface area contributed by atoms with Crippen LogP contribution in [-0.4, -0.2) is 24.5 Å². The van der Waals surface area contributed by atoms with Gasteiger partial charge in [-0.2, -0.15) is 0 Å². The molecule has 0 aliphatic heterocycles. The van der Waals surface area contributed by atoms with Crippen molar-refractivity contribution in [2.24, 2.45) is 0 Å². The van der Waals surface area contributed by atoms with Crippen molar-refractivity contribution < 1.29 is 4.79 Å². The maximum atomic E-state index is 10.3. The van der Waals surface area contributed by atoms with E-state index in [1.165, 1.54) is 38.5 Å². The number of carbonyl (C=O) groups is 1. The van der Waals surface area contributed by atoms with Crippen LogP contribution in [0.2, 0.25) is 0 Å². The molecule has 0 aromatic carbocycles. The van der Waals surface area contributed by atoms with E-state index in [2.05, 4.69) is 19.3 Å². The molecule has 1 amide bonds. The molecule has 0 aliphatic carbocycles. The second-order valence-corrected chi connectivity index (χ2v) is 3.65. The van der Waals surface area contributed by atoms with Gasteiger partial charge in [0.15, 0.2) is 0 Å². The van der Waals surface area contributed by atoms with Gasteiger partial charge in [0, 0.05) is 13.1 Å². The molecule has 0 aliphatic rings. The van der Waals surface area contributed by atoms with Gasteiger partial charge >= 0.3 is 0 Å². The average molecular weight is 200 g/mol. The van der Waals surface area contributed by atoms with Gasteiger partial charge in [-0.15, -0.1) is 0 Å². The predicted octanol–water partition coefficient (Wildman–Crippen LogP) is 2.33. The molecule has 0 unspecified atom stereocenters. The summed E-state index contributed by atoms with van der Waals surface area (Å²) in [6.45, 7) is 6.34. The van der Waals surface area contributed by atoms with Gasteiger partial charge in [0.2, 0.25) is 6.41 Å². The highest BCUT2D eigenvalue weighted by Crippen LogP contribution is 1.99. The number of nitrogens with zero attached hydrogens (tertiary/aromatic N) is 1. The molecule has 1 N–H and O–H groups in total. The molecule has 0 spiro atoms. The van der Waals surface area contributed by atoms with Gasteiger partial charge in [0.05, 0.1) is 0 Å². The van der Waals surface area contributed by atoms with E-state index in [0.717, 1.165) is 19.5 Å². The Morgan fingerprint density at radius 1 is 1.00 bits per heavy atom. The highest BCUT2D eigenvalue weighted by atomic mass is 16.1. The maximum absolute atomic E-state index is 10.3. The largest absolute Gasteiger partial charge is 0.292 e. The molecular weight excluding hydrogens is 176 g/mol. The minimum absolute atomic E-state index is 0.776. The third-order valence-corrected chi connectivity index (χ3v) is 2.30. The van der Waals surface area contributed by atoms with Crippen LogP contribution in [0.15, 0.2) is 0 Å². The monoisotopic (exact) mass is 200 g/mol. The fourth-order valence-corrected chi connectivity index (χ4v) is 1.42. The van der Waals surface area contributed by atoms with Crippen molar-refractivity contribution in [3.63, 3.8) is 0 Å². The lowest BCUT2D eigenvalue weighted by Gasteiger charge is -2.20. The Balaban J connectivity index is 3.49. The summed E-state index contributed by atoms with van der Waals surface area (Å²) in [7, 11) is 0. The summed E-state index contributed by atoms with van der Waals surface area (Å²) >= 11 is 0. The first-order valence-corrected chi connectivity index (χ1v) is 5.79. The molecule has 0 rings (SSSR count). The van der Waals surface area contributed by atoms with Crippen LogP contribution in [0.25, 0.3) is 0 Å². The van der Waals surface area contributed by atoms with Crippen LogP contribution in [0.1, 0.15) is 52.4 Å². The lowest BCUT2D eigenvalue weighted by atomic mass is 10.2. The zero-order valence-corrected chi connectivity index (χ0v) is 9.59. The van der Waals surface area contributed by atoms with Gasteiger partial charge in [0.25, 0.3) is 0 Å². The van der Waals surface area contributed by atoms with E-state index in [0.29, 0.717) is 0 Å². The zero-order chi connectivity index (χ0) is 10.6. The molecule has 14 heavy (non-hydrogen) atoms. The van der Waals surface area contributed by atoms with Gasteiger partial charge in [0.1, 0.15) is 0 Å². The summed E-state index contributed by atoms with van der Waals surface area (Å²) in [5.74, 6) is 0. The van der Waals surface area contributed by atoms with E-state index < -0.39 is 0 Å². The molecule has 3 nitrogen and oxygen atoms in total. The molecule has 0 radical (unpaired) electrons. The van der Waals surface area contributed by atoms with Crippen molar-refractivity contribution in [3.05, 3.63) is 0 Å². The first kappa shape index (κ1) is 13.4. The van der Waals surface area contributed by atoms with E-state index >= 15 is 0 Å². The molecule has 0 saturated heterocycles. The molecule has 0 aromatic rings. The Bertz CT molecular complexity index is 118. The Hall–Kier alpha value is -0.570. The van der Waals surface area contributed by atoms with E-state index in [4.69, 9.17) is 0 Å². The lowest BCUT2D eigenvalue weighted by Crippen LogP contribution is -2.38. The van der Waals surface area contributed by atoms with Crippen LogP contribution >= 0.6 is 0 Å². The average Bonchev–Trinajstić information content (AvgIpc) is 2.18. The summed E-state index contributed by atoms with van der Waals surface area (Å²) in [4.78, 5) is 10.3. The highest BCUT2D eigenvalue weighted by molar-refractivity contribution is 5.44. The molecule has 3 heteroatoms. The number of amides is 1. The number of carbonyl (C=O) groups excluding carboxylic acids is 1. The van der Waals surface area contributed by atoms with Gasteiger partial charge < -0.3 is 0 Å². The SMILES string of the molecule is CCCCCN(CCCCC)NC=O. The normalized spacial score (nSPS) is 10.5. The van der Waals surface area contributed by atoms with Crippen LogP contribution in [0.4, 0.5) is 0 Å². The third kappa shape index (κ3) is 8.05. The number of rotatable bonds is 10. The Morgan fingerprint density at radius 3 is 1.86 bits per heavy atom. The second-order valence-electron chi connectivity index (χ2n) is 3.65. The summed E-state index contributed by atoms with van der Waals surface area (Å²) in [5.41, 5.74) is 2.75. The Morgan fingerprint density at radius 2 is 1.50 bits per heavy atom. The number of hydrogen-bond donors (Lipinski definition) is 1. The molecule has 0 heterocycles. The molecule has 0 aromatic heterocycles. The summed E-state index contributed by atoms with van der Waals surface area (Å²) in [6, 6.07) is 0. The van der Waals surface area contributed by atoms with E-state index in [9.17, 15) is 4.79 Å². The van der Waals surface area contributed by atoms with Crippen molar-refractivity contribution in [2.45, 2.75) is 52.4 Å². The minimum Gasteiger partial charge on any atom is -0.292 e. The van der Waals surface area contributed by atoms with Gasteiger partial charge in [-0.25, -0.2) is 5.01 Å². The van der Waals surface area contributed by atoms with E-state index in [-0.39, 0.29) is 0 Å². The van der Waals surface area contributed by atoms with Crippen LogP contribution in [0, 0.1) is 0 Å². The van der Waals surface area contributed by atoms with Crippen molar-refractivity contribution in [1.82, 2.24) is 10.4 Å². The van der Waals surface area contributed by atoms with Gasteiger partial charge in [-0.1, -0.05) is 39.5 Å². The fourth-order valence-electron chi connectivity index (χ4n) is 1.42.